The second kappa shape index (κ2) is 7.86. The third kappa shape index (κ3) is 4.06. The first-order valence-corrected chi connectivity index (χ1v) is 8.50. The number of esters is 1. The van der Waals surface area contributed by atoms with Crippen molar-refractivity contribution in [3.63, 3.8) is 0 Å². The summed E-state index contributed by atoms with van der Waals surface area (Å²) in [6, 6.07) is 16.4. The van der Waals surface area contributed by atoms with E-state index >= 15 is 0 Å². The predicted molar refractivity (Wildman–Crippen MR) is 101 cm³/mol. The number of rotatable bonds is 6. The van der Waals surface area contributed by atoms with E-state index in [1.54, 1.807) is 25.3 Å². The standard InChI is InChI=1S/C21H20N2O4/c1-14-9-11-16(12-10-14)20(24)15(2)27-21(25)19-18(26-3)13-23(22-19)17-7-5-4-6-8-17/h4-13,15H,1-3H3/t15-/m0/s1. The topological polar surface area (TPSA) is 70.4 Å². The molecule has 0 spiro atoms. The number of para-hydroxylation sites is 1. The van der Waals surface area contributed by atoms with Crippen LogP contribution < -0.4 is 4.74 Å². The van der Waals surface area contributed by atoms with Gasteiger partial charge in [-0.25, -0.2) is 9.48 Å². The fourth-order valence-corrected chi connectivity index (χ4v) is 2.58. The lowest BCUT2D eigenvalue weighted by Crippen LogP contribution is -2.25. The van der Waals surface area contributed by atoms with Gasteiger partial charge in [0.2, 0.25) is 11.5 Å². The Kier molecular flexibility index (Phi) is 5.35. The molecule has 1 aromatic heterocycles. The molecule has 6 heteroatoms. The second-order valence-electron chi connectivity index (χ2n) is 6.10. The molecular formula is C21H20N2O4. The van der Waals surface area contributed by atoms with E-state index in [-0.39, 0.29) is 17.2 Å². The Morgan fingerprint density at radius 3 is 2.33 bits per heavy atom. The lowest BCUT2D eigenvalue weighted by Gasteiger charge is -2.12. The number of nitrogens with zero attached hydrogens (tertiary/aromatic N) is 2. The summed E-state index contributed by atoms with van der Waals surface area (Å²) in [6.45, 7) is 3.48. The summed E-state index contributed by atoms with van der Waals surface area (Å²) in [5.74, 6) is -0.710. The highest BCUT2D eigenvalue weighted by molar-refractivity contribution is 6.01. The van der Waals surface area contributed by atoms with Gasteiger partial charge < -0.3 is 9.47 Å². The lowest BCUT2D eigenvalue weighted by molar-refractivity contribution is 0.0310. The molecular weight excluding hydrogens is 344 g/mol. The number of ether oxygens (including phenoxy) is 2. The summed E-state index contributed by atoms with van der Waals surface area (Å²) in [4.78, 5) is 25.0. The van der Waals surface area contributed by atoms with Crippen molar-refractivity contribution in [2.45, 2.75) is 20.0 Å². The SMILES string of the molecule is COc1cn(-c2ccccc2)nc1C(=O)O[C@@H](C)C(=O)c1ccc(C)cc1. The van der Waals surface area contributed by atoms with Crippen molar-refractivity contribution in [3.8, 4) is 11.4 Å². The van der Waals surface area contributed by atoms with E-state index in [9.17, 15) is 9.59 Å². The second-order valence-corrected chi connectivity index (χ2v) is 6.10. The van der Waals surface area contributed by atoms with Gasteiger partial charge in [0.1, 0.15) is 0 Å². The van der Waals surface area contributed by atoms with Crippen molar-refractivity contribution in [1.82, 2.24) is 9.78 Å². The van der Waals surface area contributed by atoms with Gasteiger partial charge in [-0.15, -0.1) is 0 Å². The fourth-order valence-electron chi connectivity index (χ4n) is 2.58. The molecule has 6 nitrogen and oxygen atoms in total. The van der Waals surface area contributed by atoms with E-state index in [2.05, 4.69) is 5.10 Å². The maximum atomic E-state index is 12.5. The Balaban J connectivity index is 1.78. The molecule has 1 atom stereocenters. The average molecular weight is 364 g/mol. The minimum absolute atomic E-state index is 0.0184. The molecule has 0 saturated heterocycles. The van der Waals surface area contributed by atoms with E-state index in [1.165, 1.54) is 11.8 Å². The monoisotopic (exact) mass is 364 g/mol. The first-order chi connectivity index (χ1) is 13.0. The van der Waals surface area contributed by atoms with Gasteiger partial charge in [-0.2, -0.15) is 5.10 Å². The van der Waals surface area contributed by atoms with Gasteiger partial charge in [-0.3, -0.25) is 4.79 Å². The zero-order chi connectivity index (χ0) is 19.4. The van der Waals surface area contributed by atoms with E-state index in [1.807, 2.05) is 49.4 Å². The zero-order valence-electron chi connectivity index (χ0n) is 15.4. The van der Waals surface area contributed by atoms with Crippen molar-refractivity contribution >= 4 is 11.8 Å². The molecule has 0 aliphatic heterocycles. The summed E-state index contributed by atoms with van der Waals surface area (Å²) < 4.78 is 12.1. The summed E-state index contributed by atoms with van der Waals surface area (Å²) in [5.41, 5.74) is 2.33. The number of hydrogen-bond acceptors (Lipinski definition) is 5. The fraction of sp³-hybridized carbons (Fsp3) is 0.190. The Bertz CT molecular complexity index is 946. The third-order valence-corrected chi connectivity index (χ3v) is 4.10. The molecule has 3 rings (SSSR count). The van der Waals surface area contributed by atoms with E-state index < -0.39 is 12.1 Å². The number of aryl methyl sites for hydroxylation is 1. The van der Waals surface area contributed by atoms with Crippen LogP contribution >= 0.6 is 0 Å². The Hall–Kier alpha value is -3.41. The summed E-state index contributed by atoms with van der Waals surface area (Å²) >= 11 is 0. The molecule has 27 heavy (non-hydrogen) atoms. The number of carbonyl (C=O) groups excluding carboxylic acids is 2. The number of methoxy groups -OCH3 is 1. The zero-order valence-corrected chi connectivity index (χ0v) is 15.4. The van der Waals surface area contributed by atoms with Gasteiger partial charge >= 0.3 is 5.97 Å². The molecule has 2 aromatic carbocycles. The molecule has 0 bridgehead atoms. The summed E-state index contributed by atoms with van der Waals surface area (Å²) in [7, 11) is 1.45. The Morgan fingerprint density at radius 1 is 1.04 bits per heavy atom. The molecule has 1 heterocycles. The van der Waals surface area contributed by atoms with Crippen LogP contribution in [0.5, 0.6) is 5.75 Å². The van der Waals surface area contributed by atoms with E-state index in [0.717, 1.165) is 11.3 Å². The smallest absolute Gasteiger partial charge is 0.363 e. The molecule has 0 saturated carbocycles. The average Bonchev–Trinajstić information content (AvgIpc) is 3.13. The molecule has 0 amide bonds. The number of aromatic nitrogens is 2. The quantitative estimate of drug-likeness (QED) is 0.493. The number of carbonyl (C=O) groups is 2. The molecule has 138 valence electrons. The van der Waals surface area contributed by atoms with Gasteiger partial charge in [-0.1, -0.05) is 48.0 Å². The lowest BCUT2D eigenvalue weighted by atomic mass is 10.1. The van der Waals surface area contributed by atoms with Gasteiger partial charge in [0.05, 0.1) is 19.0 Å². The minimum Gasteiger partial charge on any atom is -0.493 e. The van der Waals surface area contributed by atoms with Gasteiger partial charge in [0.15, 0.2) is 11.9 Å². The largest absolute Gasteiger partial charge is 0.493 e. The maximum absolute atomic E-state index is 12.5. The molecule has 0 radical (unpaired) electrons. The number of benzene rings is 2. The van der Waals surface area contributed by atoms with Crippen LogP contribution in [0.3, 0.4) is 0 Å². The van der Waals surface area contributed by atoms with Crippen LogP contribution in [-0.2, 0) is 4.74 Å². The summed E-state index contributed by atoms with van der Waals surface area (Å²) in [6.07, 6.45) is 0.657. The number of Topliss-reactive ketones (excluding diaryl/α,β-unsaturated/α-hetero) is 1. The first kappa shape index (κ1) is 18.4. The van der Waals surface area contributed by atoms with Crippen LogP contribution in [0.1, 0.15) is 33.3 Å². The van der Waals surface area contributed by atoms with Crippen LogP contribution in [0.15, 0.2) is 60.8 Å². The molecule has 3 aromatic rings. The van der Waals surface area contributed by atoms with Crippen LogP contribution in [0.4, 0.5) is 0 Å². The minimum atomic E-state index is -0.938. The van der Waals surface area contributed by atoms with Crippen LogP contribution in [-0.4, -0.2) is 34.7 Å². The molecule has 0 fully saturated rings. The number of ketones is 1. The van der Waals surface area contributed by atoms with Crippen molar-refractivity contribution < 1.29 is 19.1 Å². The normalized spacial score (nSPS) is 11.7. The van der Waals surface area contributed by atoms with E-state index in [4.69, 9.17) is 9.47 Å². The first-order valence-electron chi connectivity index (χ1n) is 8.50. The summed E-state index contributed by atoms with van der Waals surface area (Å²) in [5, 5.41) is 4.25. The molecule has 0 N–H and O–H groups in total. The molecule has 0 unspecified atom stereocenters. The van der Waals surface area contributed by atoms with Crippen LogP contribution in [0, 0.1) is 6.92 Å². The van der Waals surface area contributed by atoms with Crippen molar-refractivity contribution in [2.24, 2.45) is 0 Å². The van der Waals surface area contributed by atoms with Gasteiger partial charge in [0.25, 0.3) is 0 Å². The van der Waals surface area contributed by atoms with Crippen LogP contribution in [0.2, 0.25) is 0 Å². The predicted octanol–water partition coefficient (Wildman–Crippen LogP) is 3.62. The van der Waals surface area contributed by atoms with Gasteiger partial charge in [0, 0.05) is 5.56 Å². The van der Waals surface area contributed by atoms with Gasteiger partial charge in [-0.05, 0) is 26.0 Å². The van der Waals surface area contributed by atoms with E-state index in [0.29, 0.717) is 5.56 Å². The highest BCUT2D eigenvalue weighted by atomic mass is 16.5. The Morgan fingerprint density at radius 2 is 1.70 bits per heavy atom. The Labute approximate surface area is 157 Å². The third-order valence-electron chi connectivity index (χ3n) is 4.10. The maximum Gasteiger partial charge on any atom is 0.363 e. The van der Waals surface area contributed by atoms with Crippen molar-refractivity contribution in [2.75, 3.05) is 7.11 Å². The molecule has 0 aliphatic rings. The molecule has 0 aliphatic carbocycles. The van der Waals surface area contributed by atoms with Crippen molar-refractivity contribution in [3.05, 3.63) is 77.6 Å². The van der Waals surface area contributed by atoms with Crippen molar-refractivity contribution in [1.29, 1.82) is 0 Å². The highest BCUT2D eigenvalue weighted by Crippen LogP contribution is 2.21. The van der Waals surface area contributed by atoms with Crippen LogP contribution in [0.25, 0.3) is 5.69 Å². The number of hydrogen-bond donors (Lipinski definition) is 0. The highest BCUT2D eigenvalue weighted by Gasteiger charge is 2.25.